The molecule has 0 aromatic rings. The predicted octanol–water partition coefficient (Wildman–Crippen LogP) is 1.31. The van der Waals surface area contributed by atoms with E-state index in [4.69, 9.17) is 4.74 Å². The Hall–Kier alpha value is -0.610. The summed E-state index contributed by atoms with van der Waals surface area (Å²) in [4.78, 5) is 12.4. The second-order valence-electron chi connectivity index (χ2n) is 5.13. The number of hydrogen-bond acceptors (Lipinski definition) is 3. The van der Waals surface area contributed by atoms with E-state index in [1.54, 1.807) is 7.11 Å². The summed E-state index contributed by atoms with van der Waals surface area (Å²) in [5.74, 6) is 0.168. The third-order valence-corrected chi connectivity index (χ3v) is 3.56. The van der Waals surface area contributed by atoms with Crippen molar-refractivity contribution >= 4 is 5.91 Å². The molecule has 1 rings (SSSR count). The number of carbonyl (C=O) groups excluding carboxylic acids is 1. The van der Waals surface area contributed by atoms with E-state index in [0.29, 0.717) is 6.61 Å². The molecule has 1 amide bonds. The summed E-state index contributed by atoms with van der Waals surface area (Å²) in [6.07, 6.45) is 3.87. The van der Waals surface area contributed by atoms with Gasteiger partial charge in [-0.25, -0.2) is 0 Å². The average molecular weight is 242 g/mol. The van der Waals surface area contributed by atoms with Crippen LogP contribution in [0.4, 0.5) is 0 Å². The minimum Gasteiger partial charge on any atom is -0.384 e. The van der Waals surface area contributed by atoms with Crippen molar-refractivity contribution in [3.05, 3.63) is 0 Å². The van der Waals surface area contributed by atoms with Crippen LogP contribution in [0.1, 0.15) is 39.5 Å². The number of hydrogen-bond donors (Lipinski definition) is 2. The highest BCUT2D eigenvalue weighted by Gasteiger charge is 2.39. The lowest BCUT2D eigenvalue weighted by atomic mass is 9.78. The van der Waals surface area contributed by atoms with Gasteiger partial charge in [0.1, 0.15) is 0 Å². The molecule has 1 saturated heterocycles. The molecular formula is C13H26N2O2. The molecule has 4 nitrogen and oxygen atoms in total. The summed E-state index contributed by atoms with van der Waals surface area (Å²) < 4.78 is 5.26. The first-order valence-electron chi connectivity index (χ1n) is 6.65. The van der Waals surface area contributed by atoms with Crippen molar-refractivity contribution in [3.8, 4) is 0 Å². The summed E-state index contributed by atoms with van der Waals surface area (Å²) in [5.41, 5.74) is -0.317. The van der Waals surface area contributed by atoms with Crippen molar-refractivity contribution in [3.63, 3.8) is 0 Å². The minimum absolute atomic E-state index is 0.168. The Bertz CT molecular complexity index is 232. The lowest BCUT2D eigenvalue weighted by Gasteiger charge is -2.36. The number of rotatable bonds is 6. The zero-order chi connectivity index (χ0) is 12.7. The summed E-state index contributed by atoms with van der Waals surface area (Å²) in [5, 5.41) is 6.43. The fraction of sp³-hybridized carbons (Fsp3) is 0.923. The van der Waals surface area contributed by atoms with Crippen molar-refractivity contribution in [2.75, 3.05) is 26.8 Å². The summed E-state index contributed by atoms with van der Waals surface area (Å²) in [7, 11) is 1.67. The highest BCUT2D eigenvalue weighted by atomic mass is 16.5. The molecular weight excluding hydrogens is 216 g/mol. The molecule has 1 atom stereocenters. The molecule has 0 spiro atoms. The Balaban J connectivity index is 2.59. The molecule has 0 radical (unpaired) electrons. The smallest absolute Gasteiger partial charge is 0.228 e. The Morgan fingerprint density at radius 2 is 2.12 bits per heavy atom. The maximum atomic E-state index is 12.4. The topological polar surface area (TPSA) is 50.4 Å². The SMILES string of the molecule is CCCC(C)NC(=O)C1(COC)CCNCC1. The van der Waals surface area contributed by atoms with Crippen molar-refractivity contribution < 1.29 is 9.53 Å². The van der Waals surface area contributed by atoms with Gasteiger partial charge in [-0.1, -0.05) is 13.3 Å². The van der Waals surface area contributed by atoms with Gasteiger partial charge in [0, 0.05) is 13.2 Å². The van der Waals surface area contributed by atoms with Gasteiger partial charge < -0.3 is 15.4 Å². The lowest BCUT2D eigenvalue weighted by Crippen LogP contribution is -2.52. The molecule has 1 aliphatic heterocycles. The first-order chi connectivity index (χ1) is 8.14. The van der Waals surface area contributed by atoms with Crippen LogP contribution in [-0.2, 0) is 9.53 Å². The van der Waals surface area contributed by atoms with Crippen molar-refractivity contribution in [2.45, 2.75) is 45.6 Å². The maximum absolute atomic E-state index is 12.4. The van der Waals surface area contributed by atoms with Crippen LogP contribution in [0, 0.1) is 5.41 Å². The summed E-state index contributed by atoms with van der Waals surface area (Å²) in [6.45, 7) is 6.54. The Kier molecular flexibility index (Phi) is 5.92. The van der Waals surface area contributed by atoms with Gasteiger partial charge in [-0.2, -0.15) is 0 Å². The van der Waals surface area contributed by atoms with Gasteiger partial charge >= 0.3 is 0 Å². The molecule has 0 aliphatic carbocycles. The highest BCUT2D eigenvalue weighted by Crippen LogP contribution is 2.29. The van der Waals surface area contributed by atoms with E-state index in [1.165, 1.54) is 0 Å². The highest BCUT2D eigenvalue weighted by molar-refractivity contribution is 5.83. The number of methoxy groups -OCH3 is 1. The molecule has 4 heteroatoms. The normalized spacial score (nSPS) is 20.9. The molecule has 1 aliphatic rings. The number of nitrogens with one attached hydrogen (secondary N) is 2. The van der Waals surface area contributed by atoms with E-state index < -0.39 is 0 Å². The largest absolute Gasteiger partial charge is 0.384 e. The van der Waals surface area contributed by atoms with Crippen LogP contribution in [-0.4, -0.2) is 38.8 Å². The van der Waals surface area contributed by atoms with Crippen LogP contribution < -0.4 is 10.6 Å². The third-order valence-electron chi connectivity index (χ3n) is 3.56. The molecule has 0 aromatic carbocycles. The summed E-state index contributed by atoms with van der Waals surface area (Å²) in [6, 6.07) is 0.260. The van der Waals surface area contributed by atoms with Gasteiger partial charge in [0.15, 0.2) is 0 Å². The van der Waals surface area contributed by atoms with Crippen molar-refractivity contribution in [2.24, 2.45) is 5.41 Å². The first kappa shape index (κ1) is 14.5. The minimum atomic E-state index is -0.317. The molecule has 17 heavy (non-hydrogen) atoms. The monoisotopic (exact) mass is 242 g/mol. The van der Waals surface area contributed by atoms with Gasteiger partial charge in [0.2, 0.25) is 5.91 Å². The van der Waals surface area contributed by atoms with Crippen LogP contribution in [0.15, 0.2) is 0 Å². The second kappa shape index (κ2) is 6.97. The van der Waals surface area contributed by atoms with E-state index >= 15 is 0 Å². The lowest BCUT2D eigenvalue weighted by molar-refractivity contribution is -0.136. The summed E-state index contributed by atoms with van der Waals surface area (Å²) >= 11 is 0. The van der Waals surface area contributed by atoms with Gasteiger partial charge in [0.25, 0.3) is 0 Å². The number of amides is 1. The average Bonchev–Trinajstić information content (AvgIpc) is 2.30. The van der Waals surface area contributed by atoms with E-state index in [1.807, 2.05) is 0 Å². The van der Waals surface area contributed by atoms with Crippen molar-refractivity contribution in [1.82, 2.24) is 10.6 Å². The first-order valence-corrected chi connectivity index (χ1v) is 6.65. The zero-order valence-corrected chi connectivity index (χ0v) is 11.3. The number of carbonyl (C=O) groups is 1. The standard InChI is InChI=1S/C13H26N2O2/c1-4-5-11(2)15-12(16)13(10-17-3)6-8-14-9-7-13/h11,14H,4-10H2,1-3H3,(H,15,16). The van der Waals surface area contributed by atoms with Crippen LogP contribution >= 0.6 is 0 Å². The molecule has 0 saturated carbocycles. The van der Waals surface area contributed by atoms with Crippen LogP contribution in [0.5, 0.6) is 0 Å². The molecule has 1 fully saturated rings. The molecule has 100 valence electrons. The van der Waals surface area contributed by atoms with E-state index in [-0.39, 0.29) is 17.4 Å². The fourth-order valence-corrected chi connectivity index (χ4v) is 2.50. The van der Waals surface area contributed by atoms with E-state index in [2.05, 4.69) is 24.5 Å². The quantitative estimate of drug-likeness (QED) is 0.738. The predicted molar refractivity (Wildman–Crippen MR) is 68.9 cm³/mol. The van der Waals surface area contributed by atoms with Gasteiger partial charge in [-0.3, -0.25) is 4.79 Å². The number of ether oxygens (including phenoxy) is 1. The molecule has 0 bridgehead atoms. The second-order valence-corrected chi connectivity index (χ2v) is 5.13. The van der Waals surface area contributed by atoms with Gasteiger partial charge in [-0.15, -0.1) is 0 Å². The molecule has 0 aromatic heterocycles. The zero-order valence-electron chi connectivity index (χ0n) is 11.3. The third kappa shape index (κ3) is 3.96. The van der Waals surface area contributed by atoms with Gasteiger partial charge in [0.05, 0.1) is 12.0 Å². The Labute approximate surface area is 104 Å². The van der Waals surface area contributed by atoms with Crippen LogP contribution in [0.3, 0.4) is 0 Å². The fourth-order valence-electron chi connectivity index (χ4n) is 2.50. The molecule has 2 N–H and O–H groups in total. The van der Waals surface area contributed by atoms with E-state index in [9.17, 15) is 4.79 Å². The number of piperidine rings is 1. The molecule has 1 heterocycles. The van der Waals surface area contributed by atoms with Crippen LogP contribution in [0.25, 0.3) is 0 Å². The maximum Gasteiger partial charge on any atom is 0.228 e. The van der Waals surface area contributed by atoms with Crippen LogP contribution in [0.2, 0.25) is 0 Å². The van der Waals surface area contributed by atoms with E-state index in [0.717, 1.165) is 38.8 Å². The Morgan fingerprint density at radius 3 is 2.65 bits per heavy atom. The molecule has 1 unspecified atom stereocenters. The van der Waals surface area contributed by atoms with Crippen molar-refractivity contribution in [1.29, 1.82) is 0 Å². The Morgan fingerprint density at radius 1 is 1.47 bits per heavy atom. The van der Waals surface area contributed by atoms with Gasteiger partial charge in [-0.05, 0) is 39.3 Å².